The lowest BCUT2D eigenvalue weighted by Crippen LogP contribution is -2.45. The first-order chi connectivity index (χ1) is 8.35. The van der Waals surface area contributed by atoms with Crippen molar-refractivity contribution in [1.82, 2.24) is 5.32 Å². The van der Waals surface area contributed by atoms with Crippen molar-refractivity contribution in [3.63, 3.8) is 0 Å². The summed E-state index contributed by atoms with van der Waals surface area (Å²) >= 11 is 0. The molecule has 0 aliphatic carbocycles. The van der Waals surface area contributed by atoms with E-state index >= 15 is 0 Å². The van der Waals surface area contributed by atoms with Crippen LogP contribution in [0.2, 0.25) is 0 Å². The quantitative estimate of drug-likeness (QED) is 0.807. The highest BCUT2D eigenvalue weighted by Crippen LogP contribution is 2.25. The zero-order chi connectivity index (χ0) is 15.4. The van der Waals surface area contributed by atoms with Crippen molar-refractivity contribution in [2.75, 3.05) is 0 Å². The lowest BCUT2D eigenvalue weighted by molar-refractivity contribution is -0.147. The van der Waals surface area contributed by atoms with Gasteiger partial charge in [-0.05, 0) is 47.0 Å². The standard InChI is InChI=1S/C14H27NO4/c1-9(2)10(8-14(6,7)11(16)17)15-12(18)19-13(3,4)5/h9-10H,8H2,1-7H3,(H,15,18)(H,16,17). The number of carboxylic acids is 1. The maximum absolute atomic E-state index is 11.7. The van der Waals surface area contributed by atoms with Gasteiger partial charge in [0.15, 0.2) is 0 Å². The fourth-order valence-corrected chi connectivity index (χ4v) is 1.55. The van der Waals surface area contributed by atoms with Gasteiger partial charge in [0.2, 0.25) is 0 Å². The third kappa shape index (κ3) is 7.03. The van der Waals surface area contributed by atoms with Crippen molar-refractivity contribution < 1.29 is 19.4 Å². The minimum Gasteiger partial charge on any atom is -0.481 e. The molecule has 0 aliphatic heterocycles. The summed E-state index contributed by atoms with van der Waals surface area (Å²) in [6.07, 6.45) is -0.147. The van der Waals surface area contributed by atoms with Gasteiger partial charge < -0.3 is 15.2 Å². The van der Waals surface area contributed by atoms with Crippen LogP contribution in [0.25, 0.3) is 0 Å². The van der Waals surface area contributed by atoms with E-state index in [9.17, 15) is 9.59 Å². The molecule has 0 aliphatic rings. The van der Waals surface area contributed by atoms with Crippen molar-refractivity contribution >= 4 is 12.1 Å². The average Bonchev–Trinajstić information content (AvgIpc) is 2.12. The Morgan fingerprint density at radius 3 is 1.95 bits per heavy atom. The van der Waals surface area contributed by atoms with Gasteiger partial charge in [0.1, 0.15) is 5.60 Å². The lowest BCUT2D eigenvalue weighted by atomic mass is 9.82. The van der Waals surface area contributed by atoms with Crippen LogP contribution in [0, 0.1) is 11.3 Å². The molecule has 0 saturated carbocycles. The SMILES string of the molecule is CC(C)C(CC(C)(C)C(=O)O)NC(=O)OC(C)(C)C. The molecule has 1 unspecified atom stereocenters. The van der Waals surface area contributed by atoms with Crippen LogP contribution >= 0.6 is 0 Å². The molecule has 0 fully saturated rings. The van der Waals surface area contributed by atoms with Gasteiger partial charge in [0.25, 0.3) is 0 Å². The molecule has 0 rings (SSSR count). The number of hydrogen-bond donors (Lipinski definition) is 2. The number of amides is 1. The molecule has 0 saturated heterocycles. The zero-order valence-corrected chi connectivity index (χ0v) is 13.0. The second kappa shape index (κ2) is 6.26. The minimum absolute atomic E-state index is 0.131. The molecule has 0 radical (unpaired) electrons. The van der Waals surface area contributed by atoms with E-state index in [1.54, 1.807) is 34.6 Å². The molecule has 0 heterocycles. The lowest BCUT2D eigenvalue weighted by Gasteiger charge is -2.30. The third-order valence-corrected chi connectivity index (χ3v) is 2.82. The van der Waals surface area contributed by atoms with Crippen molar-refractivity contribution in [2.24, 2.45) is 11.3 Å². The number of rotatable bonds is 5. The number of nitrogens with one attached hydrogen (secondary N) is 1. The third-order valence-electron chi connectivity index (χ3n) is 2.82. The van der Waals surface area contributed by atoms with Crippen LogP contribution in [-0.4, -0.2) is 28.8 Å². The van der Waals surface area contributed by atoms with Gasteiger partial charge in [-0.3, -0.25) is 4.79 Å². The van der Waals surface area contributed by atoms with E-state index in [0.717, 1.165) is 0 Å². The molecular weight excluding hydrogens is 246 g/mol. The second-order valence-corrected chi connectivity index (χ2v) is 6.89. The molecule has 1 atom stereocenters. The number of carboxylic acid groups (broad SMARTS) is 1. The zero-order valence-electron chi connectivity index (χ0n) is 13.0. The Bertz CT molecular complexity index is 329. The molecule has 0 aromatic heterocycles. The summed E-state index contributed by atoms with van der Waals surface area (Å²) in [5.41, 5.74) is -1.45. The number of aliphatic carboxylic acids is 1. The second-order valence-electron chi connectivity index (χ2n) is 6.89. The fraction of sp³-hybridized carbons (Fsp3) is 0.857. The number of hydrogen-bond acceptors (Lipinski definition) is 3. The predicted molar refractivity (Wildman–Crippen MR) is 74.0 cm³/mol. The Labute approximate surface area is 115 Å². The Kier molecular flexibility index (Phi) is 5.84. The summed E-state index contributed by atoms with van der Waals surface area (Å²) in [7, 11) is 0. The Morgan fingerprint density at radius 1 is 1.16 bits per heavy atom. The molecule has 0 bridgehead atoms. The van der Waals surface area contributed by atoms with Crippen LogP contribution in [0.1, 0.15) is 54.9 Å². The van der Waals surface area contributed by atoms with Crippen LogP contribution in [0.4, 0.5) is 4.79 Å². The first kappa shape index (κ1) is 17.7. The van der Waals surface area contributed by atoms with Crippen molar-refractivity contribution in [3.8, 4) is 0 Å². The molecule has 0 aromatic rings. The highest BCUT2D eigenvalue weighted by molar-refractivity contribution is 5.74. The highest BCUT2D eigenvalue weighted by atomic mass is 16.6. The van der Waals surface area contributed by atoms with Gasteiger partial charge in [-0.25, -0.2) is 4.79 Å². The van der Waals surface area contributed by atoms with Crippen LogP contribution in [0.5, 0.6) is 0 Å². The van der Waals surface area contributed by atoms with Crippen LogP contribution in [0.15, 0.2) is 0 Å². The molecule has 5 heteroatoms. The molecule has 5 nitrogen and oxygen atoms in total. The topological polar surface area (TPSA) is 75.6 Å². The Hall–Kier alpha value is -1.26. The maximum Gasteiger partial charge on any atom is 0.407 e. The number of carbonyl (C=O) groups is 2. The Morgan fingerprint density at radius 2 is 1.63 bits per heavy atom. The largest absolute Gasteiger partial charge is 0.481 e. The van der Waals surface area contributed by atoms with E-state index in [1.165, 1.54) is 0 Å². The minimum atomic E-state index is -0.885. The fourth-order valence-electron chi connectivity index (χ4n) is 1.55. The monoisotopic (exact) mass is 273 g/mol. The van der Waals surface area contributed by atoms with Crippen molar-refractivity contribution in [2.45, 2.75) is 66.5 Å². The van der Waals surface area contributed by atoms with Gasteiger partial charge in [-0.2, -0.15) is 0 Å². The molecule has 0 aromatic carbocycles. The summed E-state index contributed by atoms with van der Waals surface area (Å²) in [5.74, 6) is -0.740. The van der Waals surface area contributed by atoms with E-state index < -0.39 is 23.1 Å². The first-order valence-corrected chi connectivity index (χ1v) is 6.58. The highest BCUT2D eigenvalue weighted by Gasteiger charge is 2.33. The summed E-state index contributed by atoms with van der Waals surface area (Å²) in [6, 6.07) is -0.235. The van der Waals surface area contributed by atoms with Crippen LogP contribution in [-0.2, 0) is 9.53 Å². The molecule has 19 heavy (non-hydrogen) atoms. The van der Waals surface area contributed by atoms with Crippen molar-refractivity contribution in [1.29, 1.82) is 0 Å². The molecule has 0 spiro atoms. The average molecular weight is 273 g/mol. The van der Waals surface area contributed by atoms with Crippen LogP contribution < -0.4 is 5.32 Å². The van der Waals surface area contributed by atoms with Crippen molar-refractivity contribution in [3.05, 3.63) is 0 Å². The van der Waals surface area contributed by atoms with Gasteiger partial charge in [0, 0.05) is 6.04 Å². The number of carbonyl (C=O) groups excluding carboxylic acids is 1. The van der Waals surface area contributed by atoms with E-state index in [-0.39, 0.29) is 12.0 Å². The van der Waals surface area contributed by atoms with E-state index in [2.05, 4.69) is 5.32 Å². The first-order valence-electron chi connectivity index (χ1n) is 6.58. The summed E-state index contributed by atoms with van der Waals surface area (Å²) in [4.78, 5) is 22.9. The molecule has 1 amide bonds. The van der Waals surface area contributed by atoms with Gasteiger partial charge in [-0.15, -0.1) is 0 Å². The molecule has 2 N–H and O–H groups in total. The summed E-state index contributed by atoms with van der Waals surface area (Å²) in [6.45, 7) is 12.6. The van der Waals surface area contributed by atoms with E-state index in [0.29, 0.717) is 6.42 Å². The normalized spacial score (nSPS) is 14.1. The van der Waals surface area contributed by atoms with E-state index in [1.807, 2.05) is 13.8 Å². The molecular formula is C14H27NO4. The maximum atomic E-state index is 11.7. The summed E-state index contributed by atoms with van der Waals surface area (Å²) < 4.78 is 5.20. The van der Waals surface area contributed by atoms with Gasteiger partial charge in [0.05, 0.1) is 5.41 Å². The number of ether oxygens (including phenoxy) is 1. The molecule has 112 valence electrons. The number of alkyl carbamates (subject to hydrolysis) is 1. The predicted octanol–water partition coefficient (Wildman–Crippen LogP) is 3.04. The smallest absolute Gasteiger partial charge is 0.407 e. The summed E-state index contributed by atoms with van der Waals surface area (Å²) in [5, 5.41) is 11.9. The van der Waals surface area contributed by atoms with E-state index in [4.69, 9.17) is 9.84 Å². The van der Waals surface area contributed by atoms with Crippen LogP contribution in [0.3, 0.4) is 0 Å². The Balaban J connectivity index is 4.69. The van der Waals surface area contributed by atoms with Gasteiger partial charge in [-0.1, -0.05) is 13.8 Å². The van der Waals surface area contributed by atoms with Gasteiger partial charge >= 0.3 is 12.1 Å².